The van der Waals surface area contributed by atoms with Crippen LogP contribution in [0.1, 0.15) is 19.3 Å². The first-order valence-electron chi connectivity index (χ1n) is 2.67. The van der Waals surface area contributed by atoms with Gasteiger partial charge in [-0.2, -0.15) is 12.6 Å². The maximum absolute atomic E-state index is 6.76. The highest BCUT2D eigenvalue weighted by atomic mass is 32.1. The second-order valence-corrected chi connectivity index (χ2v) is 1.98. The minimum atomic E-state index is 0.577. The summed E-state index contributed by atoms with van der Waals surface area (Å²) in [6.07, 6.45) is 3.38. The van der Waals surface area contributed by atoms with Gasteiger partial charge in [-0.1, -0.05) is 6.42 Å². The van der Waals surface area contributed by atoms with E-state index in [9.17, 15) is 0 Å². The molecule has 0 amide bonds. The van der Waals surface area contributed by atoms with Crippen LogP contribution in [0.15, 0.2) is 0 Å². The van der Waals surface area contributed by atoms with Crippen LogP contribution >= 0.6 is 12.6 Å². The Balaban J connectivity index is 2.45. The highest BCUT2D eigenvalue weighted by molar-refractivity contribution is 7.80. The fourth-order valence-electron chi connectivity index (χ4n) is 0.414. The maximum Gasteiger partial charge on any atom is 0.00997 e. The van der Waals surface area contributed by atoms with E-state index >= 15 is 0 Å². The third-order valence-electron chi connectivity index (χ3n) is 0.835. The summed E-state index contributed by atoms with van der Waals surface area (Å²) in [5.41, 5.74) is 6.76. The molecule has 0 aromatic carbocycles. The predicted molar refractivity (Wildman–Crippen MR) is 35.7 cm³/mol. The molecule has 0 bridgehead atoms. The summed E-state index contributed by atoms with van der Waals surface area (Å²) in [5.74, 6) is 0.972. The first kappa shape index (κ1) is 7.31. The molecular weight excluding hydrogens is 106 g/mol. The zero-order chi connectivity index (χ0) is 5.54. The molecule has 0 saturated carbocycles. The van der Waals surface area contributed by atoms with E-state index in [2.05, 4.69) is 12.6 Å². The van der Waals surface area contributed by atoms with Crippen LogP contribution < -0.4 is 5.73 Å². The summed E-state index contributed by atoms with van der Waals surface area (Å²) in [6, 6.07) is 0. The quantitative estimate of drug-likeness (QED) is 0.426. The summed E-state index contributed by atoms with van der Waals surface area (Å²) in [7, 11) is 0. The van der Waals surface area contributed by atoms with Crippen LogP contribution in [0.2, 0.25) is 0 Å². The van der Waals surface area contributed by atoms with Crippen molar-refractivity contribution < 1.29 is 0 Å². The Hall–Kier alpha value is 0.310. The lowest BCUT2D eigenvalue weighted by atomic mass is 10.2. The van der Waals surface area contributed by atoms with Gasteiger partial charge in [0, 0.05) is 6.54 Å². The van der Waals surface area contributed by atoms with Crippen molar-refractivity contribution in [3.63, 3.8) is 0 Å². The molecule has 0 atom stereocenters. The number of hydrogen-bond acceptors (Lipinski definition) is 1. The molecule has 43 valence electrons. The molecule has 1 radical (unpaired) electrons. The summed E-state index contributed by atoms with van der Waals surface area (Å²) in [4.78, 5) is 0. The predicted octanol–water partition coefficient (Wildman–Crippen LogP) is 1.37. The van der Waals surface area contributed by atoms with Crippen LogP contribution in [0, 0.1) is 0 Å². The summed E-state index contributed by atoms with van der Waals surface area (Å²) in [5, 5.41) is 0. The molecule has 7 heavy (non-hydrogen) atoms. The van der Waals surface area contributed by atoms with Crippen molar-refractivity contribution in [3.8, 4) is 0 Å². The van der Waals surface area contributed by atoms with Gasteiger partial charge in [-0.3, -0.25) is 5.73 Å². The standard InChI is InChI=1S/C5H12NS/c6-4-2-1-3-5-7/h6-7H,1-5H2. The second kappa shape index (κ2) is 6.31. The van der Waals surface area contributed by atoms with Crippen molar-refractivity contribution in [1.82, 2.24) is 5.73 Å². The molecule has 0 aliphatic carbocycles. The second-order valence-electron chi connectivity index (χ2n) is 1.53. The van der Waals surface area contributed by atoms with Crippen molar-refractivity contribution in [1.29, 1.82) is 0 Å². The Morgan fingerprint density at radius 1 is 1.14 bits per heavy atom. The number of rotatable bonds is 4. The molecular formula is C5H12NS. The van der Waals surface area contributed by atoms with E-state index in [4.69, 9.17) is 5.73 Å². The number of thiol groups is 1. The Labute approximate surface area is 50.7 Å². The van der Waals surface area contributed by atoms with Crippen LogP contribution in [0.4, 0.5) is 0 Å². The van der Waals surface area contributed by atoms with Gasteiger partial charge in [-0.05, 0) is 18.6 Å². The van der Waals surface area contributed by atoms with E-state index in [1.807, 2.05) is 0 Å². The van der Waals surface area contributed by atoms with Gasteiger partial charge in [0.1, 0.15) is 0 Å². The van der Waals surface area contributed by atoms with Crippen molar-refractivity contribution in [2.45, 2.75) is 19.3 Å². The van der Waals surface area contributed by atoms with Crippen LogP contribution in [0.5, 0.6) is 0 Å². The molecule has 0 aliphatic rings. The lowest BCUT2D eigenvalue weighted by Crippen LogP contribution is -1.84. The average molecular weight is 118 g/mol. The van der Waals surface area contributed by atoms with Gasteiger partial charge in [-0.15, -0.1) is 0 Å². The van der Waals surface area contributed by atoms with E-state index in [1.165, 1.54) is 12.8 Å². The van der Waals surface area contributed by atoms with Gasteiger partial charge in [0.15, 0.2) is 0 Å². The van der Waals surface area contributed by atoms with Gasteiger partial charge in [0.05, 0.1) is 0 Å². The molecule has 0 unspecified atom stereocenters. The molecule has 1 nitrogen and oxygen atoms in total. The molecule has 2 heteroatoms. The number of nitrogens with one attached hydrogen (secondary N) is 1. The minimum Gasteiger partial charge on any atom is -0.258 e. The number of unbranched alkanes of at least 4 members (excludes halogenated alkanes) is 2. The molecule has 0 saturated heterocycles. The first-order chi connectivity index (χ1) is 3.41. The van der Waals surface area contributed by atoms with Gasteiger partial charge in [-0.25, -0.2) is 0 Å². The van der Waals surface area contributed by atoms with E-state index < -0.39 is 0 Å². The maximum atomic E-state index is 6.76. The van der Waals surface area contributed by atoms with Gasteiger partial charge >= 0.3 is 0 Å². The van der Waals surface area contributed by atoms with Gasteiger partial charge in [0.2, 0.25) is 0 Å². The minimum absolute atomic E-state index is 0.577. The van der Waals surface area contributed by atoms with E-state index in [1.54, 1.807) is 0 Å². The van der Waals surface area contributed by atoms with Crippen molar-refractivity contribution >= 4 is 12.6 Å². The Bertz CT molecular complexity index is 27.3. The molecule has 0 aromatic rings. The monoisotopic (exact) mass is 118 g/mol. The topological polar surface area (TPSA) is 23.8 Å². The van der Waals surface area contributed by atoms with E-state index in [-0.39, 0.29) is 0 Å². The SMILES string of the molecule is [NH]CCCCCS. The van der Waals surface area contributed by atoms with Crippen molar-refractivity contribution in [3.05, 3.63) is 0 Å². The Kier molecular flexibility index (Phi) is 6.59. The highest BCUT2D eigenvalue weighted by Gasteiger charge is 1.81. The van der Waals surface area contributed by atoms with Gasteiger partial charge < -0.3 is 0 Å². The zero-order valence-electron chi connectivity index (χ0n) is 4.48. The molecule has 0 heterocycles. The molecule has 0 fully saturated rings. The van der Waals surface area contributed by atoms with Crippen LogP contribution in [-0.2, 0) is 0 Å². The van der Waals surface area contributed by atoms with E-state index in [0.29, 0.717) is 6.54 Å². The van der Waals surface area contributed by atoms with Crippen molar-refractivity contribution in [2.24, 2.45) is 0 Å². The summed E-state index contributed by atoms with van der Waals surface area (Å²) in [6.45, 7) is 0.577. The average Bonchev–Trinajstić information content (AvgIpc) is 1.69. The summed E-state index contributed by atoms with van der Waals surface area (Å²) >= 11 is 4.03. The van der Waals surface area contributed by atoms with Crippen molar-refractivity contribution in [2.75, 3.05) is 12.3 Å². The molecule has 0 aliphatic heterocycles. The van der Waals surface area contributed by atoms with Gasteiger partial charge in [0.25, 0.3) is 0 Å². The lowest BCUT2D eigenvalue weighted by Gasteiger charge is -1.89. The fraction of sp³-hybridized carbons (Fsp3) is 1.00. The fourth-order valence-corrected chi connectivity index (χ4v) is 0.637. The molecule has 0 spiro atoms. The molecule has 0 rings (SSSR count). The van der Waals surface area contributed by atoms with Crippen LogP contribution in [0.3, 0.4) is 0 Å². The number of hydrogen-bond donors (Lipinski definition) is 1. The third-order valence-corrected chi connectivity index (χ3v) is 1.15. The zero-order valence-corrected chi connectivity index (χ0v) is 5.38. The smallest absolute Gasteiger partial charge is 0.00997 e. The van der Waals surface area contributed by atoms with Crippen LogP contribution in [0.25, 0.3) is 0 Å². The lowest BCUT2D eigenvalue weighted by molar-refractivity contribution is 0.724. The largest absolute Gasteiger partial charge is 0.258 e. The Morgan fingerprint density at radius 2 is 1.86 bits per heavy atom. The van der Waals surface area contributed by atoms with E-state index in [0.717, 1.165) is 12.2 Å². The third kappa shape index (κ3) is 6.31. The summed E-state index contributed by atoms with van der Waals surface area (Å²) < 4.78 is 0. The molecule has 0 aromatic heterocycles. The Morgan fingerprint density at radius 3 is 2.29 bits per heavy atom. The highest BCUT2D eigenvalue weighted by Crippen LogP contribution is 1.93. The first-order valence-corrected chi connectivity index (χ1v) is 3.30. The normalized spacial score (nSPS) is 9.43. The molecule has 1 N–H and O–H groups in total. The van der Waals surface area contributed by atoms with Crippen LogP contribution in [-0.4, -0.2) is 12.3 Å².